The van der Waals surface area contributed by atoms with Crippen molar-refractivity contribution in [1.29, 1.82) is 0 Å². The smallest absolute Gasteiger partial charge is 0.0110 e. The summed E-state index contributed by atoms with van der Waals surface area (Å²) in [6.07, 6.45) is 6.60. The fourth-order valence-electron chi connectivity index (χ4n) is 2.94. The predicted octanol–water partition coefficient (Wildman–Crippen LogP) is 4.33. The van der Waals surface area contributed by atoms with Crippen molar-refractivity contribution in [2.45, 2.75) is 57.9 Å². The third kappa shape index (κ3) is 3.58. The second kappa shape index (κ2) is 6.38. The molecule has 100 valence electrons. The minimum Gasteiger partial charge on any atom is -0.327 e. The lowest BCUT2D eigenvalue weighted by Gasteiger charge is -2.29. The Morgan fingerprint density at radius 2 is 1.89 bits per heavy atom. The van der Waals surface area contributed by atoms with Crippen molar-refractivity contribution in [2.24, 2.45) is 17.6 Å². The number of rotatable bonds is 7. The van der Waals surface area contributed by atoms with E-state index in [0.717, 1.165) is 5.92 Å². The van der Waals surface area contributed by atoms with Crippen molar-refractivity contribution < 1.29 is 0 Å². The molecule has 0 aliphatic heterocycles. The van der Waals surface area contributed by atoms with Crippen molar-refractivity contribution in [3.63, 3.8) is 0 Å². The van der Waals surface area contributed by atoms with Crippen LogP contribution in [0.25, 0.3) is 0 Å². The molecule has 2 rings (SSSR count). The Kier molecular flexibility index (Phi) is 4.82. The molecule has 0 saturated heterocycles. The van der Waals surface area contributed by atoms with Gasteiger partial charge in [-0.05, 0) is 30.2 Å². The summed E-state index contributed by atoms with van der Waals surface area (Å²) in [6.45, 7) is 4.61. The first-order valence-electron chi connectivity index (χ1n) is 7.53. The molecule has 0 spiro atoms. The normalized spacial score (nSPS) is 20.4. The number of benzene rings is 1. The molecule has 1 aromatic carbocycles. The van der Waals surface area contributed by atoms with Gasteiger partial charge in [0.2, 0.25) is 0 Å². The molecule has 0 aromatic heterocycles. The highest BCUT2D eigenvalue weighted by Crippen LogP contribution is 2.37. The van der Waals surface area contributed by atoms with E-state index < -0.39 is 0 Å². The van der Waals surface area contributed by atoms with Crippen LogP contribution < -0.4 is 5.73 Å². The lowest BCUT2D eigenvalue weighted by molar-refractivity contribution is 0.359. The second-order valence-electron chi connectivity index (χ2n) is 6.01. The highest BCUT2D eigenvalue weighted by molar-refractivity contribution is 5.22. The molecule has 1 saturated carbocycles. The van der Waals surface area contributed by atoms with Crippen molar-refractivity contribution in [2.75, 3.05) is 0 Å². The highest BCUT2D eigenvalue weighted by Gasteiger charge is 2.27. The van der Waals surface area contributed by atoms with Gasteiger partial charge in [0, 0.05) is 12.0 Å². The first-order valence-corrected chi connectivity index (χ1v) is 7.53. The van der Waals surface area contributed by atoms with E-state index in [0.29, 0.717) is 17.9 Å². The highest BCUT2D eigenvalue weighted by atomic mass is 14.7. The minimum atomic E-state index is 0.322. The van der Waals surface area contributed by atoms with Gasteiger partial charge in [-0.3, -0.25) is 0 Å². The van der Waals surface area contributed by atoms with E-state index in [9.17, 15) is 0 Å². The van der Waals surface area contributed by atoms with E-state index in [1.54, 1.807) is 0 Å². The zero-order chi connectivity index (χ0) is 13.0. The summed E-state index contributed by atoms with van der Waals surface area (Å²) in [5, 5.41) is 0. The molecule has 1 nitrogen and oxygen atoms in total. The number of nitrogens with two attached hydrogens (primary N) is 1. The molecule has 2 N–H and O–H groups in total. The fourth-order valence-corrected chi connectivity index (χ4v) is 2.94. The molecule has 3 unspecified atom stereocenters. The van der Waals surface area contributed by atoms with Crippen LogP contribution in [-0.4, -0.2) is 6.04 Å². The molecular weight excluding hydrogens is 218 g/mol. The van der Waals surface area contributed by atoms with Crippen LogP contribution in [0.4, 0.5) is 0 Å². The van der Waals surface area contributed by atoms with E-state index in [-0.39, 0.29) is 0 Å². The first kappa shape index (κ1) is 13.6. The van der Waals surface area contributed by atoms with Gasteiger partial charge >= 0.3 is 0 Å². The van der Waals surface area contributed by atoms with Crippen molar-refractivity contribution in [1.82, 2.24) is 0 Å². The Morgan fingerprint density at radius 1 is 1.22 bits per heavy atom. The number of hydrogen-bond acceptors (Lipinski definition) is 1. The van der Waals surface area contributed by atoms with E-state index in [1.807, 2.05) is 0 Å². The van der Waals surface area contributed by atoms with E-state index in [1.165, 1.54) is 37.7 Å². The van der Waals surface area contributed by atoms with Crippen LogP contribution in [0.1, 0.15) is 57.4 Å². The Morgan fingerprint density at radius 3 is 2.44 bits per heavy atom. The average Bonchev–Trinajstić information content (AvgIpc) is 3.21. The second-order valence-corrected chi connectivity index (χ2v) is 6.01. The van der Waals surface area contributed by atoms with Gasteiger partial charge in [-0.15, -0.1) is 0 Å². The van der Waals surface area contributed by atoms with Gasteiger partial charge in [-0.25, -0.2) is 0 Å². The quantitative estimate of drug-likeness (QED) is 0.760. The maximum atomic E-state index is 6.50. The monoisotopic (exact) mass is 245 g/mol. The third-order valence-electron chi connectivity index (χ3n) is 4.51. The number of hydrogen-bond donors (Lipinski definition) is 1. The first-order chi connectivity index (χ1) is 8.72. The molecule has 0 amide bonds. The molecular formula is C17H27N. The summed E-state index contributed by atoms with van der Waals surface area (Å²) in [7, 11) is 0. The van der Waals surface area contributed by atoms with Crippen LogP contribution in [0.2, 0.25) is 0 Å². The summed E-state index contributed by atoms with van der Waals surface area (Å²) in [5.41, 5.74) is 7.93. The van der Waals surface area contributed by atoms with Crippen LogP contribution in [0, 0.1) is 11.8 Å². The maximum Gasteiger partial charge on any atom is 0.0110 e. The van der Waals surface area contributed by atoms with Crippen molar-refractivity contribution in [3.05, 3.63) is 35.9 Å². The lowest BCUT2D eigenvalue weighted by atomic mass is 9.79. The molecule has 1 aromatic rings. The summed E-state index contributed by atoms with van der Waals surface area (Å²) in [5.74, 6) is 2.18. The van der Waals surface area contributed by atoms with Gasteiger partial charge in [0.25, 0.3) is 0 Å². The molecule has 1 aliphatic carbocycles. The Labute approximate surface area is 112 Å². The van der Waals surface area contributed by atoms with Gasteiger partial charge in [0.15, 0.2) is 0 Å². The van der Waals surface area contributed by atoms with Crippen molar-refractivity contribution in [3.8, 4) is 0 Å². The zero-order valence-corrected chi connectivity index (χ0v) is 11.8. The molecule has 1 heteroatoms. The van der Waals surface area contributed by atoms with E-state index in [4.69, 9.17) is 5.73 Å². The van der Waals surface area contributed by atoms with Crippen LogP contribution >= 0.6 is 0 Å². The maximum absolute atomic E-state index is 6.50. The van der Waals surface area contributed by atoms with Crippen LogP contribution in [-0.2, 0) is 0 Å². The third-order valence-corrected chi connectivity index (χ3v) is 4.51. The molecule has 0 heterocycles. The SMILES string of the molecule is CCC(C)C(c1ccccc1)C(N)CCC1CC1. The predicted molar refractivity (Wildman–Crippen MR) is 78.6 cm³/mol. The summed E-state index contributed by atoms with van der Waals surface area (Å²) in [6, 6.07) is 11.2. The molecule has 18 heavy (non-hydrogen) atoms. The standard InChI is InChI=1S/C17H27N/c1-3-13(2)17(15-7-5-4-6-8-15)16(18)12-11-14-9-10-14/h4-8,13-14,16-17H,3,9-12,18H2,1-2H3. The molecule has 0 bridgehead atoms. The average molecular weight is 245 g/mol. The van der Waals surface area contributed by atoms with Gasteiger partial charge in [0.1, 0.15) is 0 Å². The van der Waals surface area contributed by atoms with Gasteiger partial charge in [-0.2, -0.15) is 0 Å². The summed E-state index contributed by atoms with van der Waals surface area (Å²) < 4.78 is 0. The lowest BCUT2D eigenvalue weighted by Crippen LogP contribution is -2.32. The molecule has 1 aliphatic rings. The Balaban J connectivity index is 2.03. The van der Waals surface area contributed by atoms with Crippen LogP contribution in [0.15, 0.2) is 30.3 Å². The Bertz CT molecular complexity index is 342. The minimum absolute atomic E-state index is 0.322. The van der Waals surface area contributed by atoms with Gasteiger partial charge in [-0.1, -0.05) is 63.4 Å². The molecule has 1 fully saturated rings. The fraction of sp³-hybridized carbons (Fsp3) is 0.647. The van der Waals surface area contributed by atoms with Gasteiger partial charge < -0.3 is 5.73 Å². The summed E-state index contributed by atoms with van der Waals surface area (Å²) in [4.78, 5) is 0. The van der Waals surface area contributed by atoms with E-state index >= 15 is 0 Å². The Hall–Kier alpha value is -0.820. The van der Waals surface area contributed by atoms with Crippen LogP contribution in [0.5, 0.6) is 0 Å². The molecule has 3 atom stereocenters. The zero-order valence-electron chi connectivity index (χ0n) is 11.8. The largest absolute Gasteiger partial charge is 0.327 e. The van der Waals surface area contributed by atoms with Gasteiger partial charge in [0.05, 0.1) is 0 Å². The molecule has 0 radical (unpaired) electrons. The topological polar surface area (TPSA) is 26.0 Å². The van der Waals surface area contributed by atoms with Crippen molar-refractivity contribution >= 4 is 0 Å². The summed E-state index contributed by atoms with van der Waals surface area (Å²) >= 11 is 0. The van der Waals surface area contributed by atoms with Crippen LogP contribution in [0.3, 0.4) is 0 Å². The van der Waals surface area contributed by atoms with E-state index in [2.05, 4.69) is 44.2 Å².